The lowest BCUT2D eigenvalue weighted by Crippen LogP contribution is -1.95. The van der Waals surface area contributed by atoms with Crippen molar-refractivity contribution in [3.05, 3.63) is 66.7 Å². The van der Waals surface area contributed by atoms with Gasteiger partial charge in [-0.2, -0.15) is 0 Å². The van der Waals surface area contributed by atoms with Crippen LogP contribution in [-0.4, -0.2) is 14.4 Å². The standard InChI is InChI=1S/C16H10FN3/c17-12-5-3-4-11(10-12)15-16-18-8-9-20(16)14-7-2-1-6-13(14)19-15/h1-10H. The van der Waals surface area contributed by atoms with Crippen LogP contribution < -0.4 is 0 Å². The van der Waals surface area contributed by atoms with Crippen LogP contribution in [0.3, 0.4) is 0 Å². The SMILES string of the molecule is Fc1cccc(-c2nc3ccccc3n3ccnc23)c1. The third-order valence-corrected chi connectivity index (χ3v) is 3.32. The van der Waals surface area contributed by atoms with E-state index in [4.69, 9.17) is 0 Å². The maximum absolute atomic E-state index is 13.4. The van der Waals surface area contributed by atoms with Gasteiger partial charge in [0, 0.05) is 18.0 Å². The molecule has 0 aliphatic rings. The zero-order valence-corrected chi connectivity index (χ0v) is 10.5. The molecule has 0 radical (unpaired) electrons. The minimum Gasteiger partial charge on any atom is -0.296 e. The quantitative estimate of drug-likeness (QED) is 0.524. The molecular formula is C16H10FN3. The van der Waals surface area contributed by atoms with Gasteiger partial charge in [0.1, 0.15) is 11.5 Å². The summed E-state index contributed by atoms with van der Waals surface area (Å²) in [5.41, 5.74) is 3.99. The molecular weight excluding hydrogens is 253 g/mol. The van der Waals surface area contributed by atoms with Gasteiger partial charge in [-0.1, -0.05) is 24.3 Å². The first-order valence-corrected chi connectivity index (χ1v) is 6.31. The normalized spacial score (nSPS) is 11.2. The van der Waals surface area contributed by atoms with Crippen molar-refractivity contribution in [1.82, 2.24) is 14.4 Å². The van der Waals surface area contributed by atoms with Crippen molar-refractivity contribution in [1.29, 1.82) is 0 Å². The number of aromatic nitrogens is 3. The van der Waals surface area contributed by atoms with E-state index in [0.29, 0.717) is 5.69 Å². The van der Waals surface area contributed by atoms with Crippen molar-refractivity contribution in [2.24, 2.45) is 0 Å². The molecule has 20 heavy (non-hydrogen) atoms. The van der Waals surface area contributed by atoms with E-state index in [-0.39, 0.29) is 5.82 Å². The van der Waals surface area contributed by atoms with E-state index in [0.717, 1.165) is 22.2 Å². The number of hydrogen-bond acceptors (Lipinski definition) is 2. The molecule has 0 fully saturated rings. The maximum Gasteiger partial charge on any atom is 0.163 e. The highest BCUT2D eigenvalue weighted by Gasteiger charge is 2.11. The van der Waals surface area contributed by atoms with E-state index in [2.05, 4.69) is 9.97 Å². The highest BCUT2D eigenvalue weighted by atomic mass is 19.1. The van der Waals surface area contributed by atoms with E-state index in [1.54, 1.807) is 12.3 Å². The fraction of sp³-hybridized carbons (Fsp3) is 0. The highest BCUT2D eigenvalue weighted by molar-refractivity contribution is 5.85. The summed E-state index contributed by atoms with van der Waals surface area (Å²) in [6.07, 6.45) is 3.62. The first kappa shape index (κ1) is 11.1. The Balaban J connectivity index is 2.14. The van der Waals surface area contributed by atoms with Crippen LogP contribution in [0.4, 0.5) is 4.39 Å². The lowest BCUT2D eigenvalue weighted by atomic mass is 10.1. The Morgan fingerprint density at radius 1 is 1.00 bits per heavy atom. The van der Waals surface area contributed by atoms with Gasteiger partial charge < -0.3 is 0 Å². The van der Waals surface area contributed by atoms with Crippen molar-refractivity contribution in [2.75, 3.05) is 0 Å². The molecule has 0 saturated carbocycles. The monoisotopic (exact) mass is 263 g/mol. The number of benzene rings is 2. The summed E-state index contributed by atoms with van der Waals surface area (Å²) in [6, 6.07) is 14.3. The van der Waals surface area contributed by atoms with Gasteiger partial charge in [0.2, 0.25) is 0 Å². The maximum atomic E-state index is 13.4. The van der Waals surface area contributed by atoms with Crippen molar-refractivity contribution in [3.63, 3.8) is 0 Å². The van der Waals surface area contributed by atoms with Crippen molar-refractivity contribution in [2.45, 2.75) is 0 Å². The minimum atomic E-state index is -0.276. The molecule has 4 heteroatoms. The van der Waals surface area contributed by atoms with Gasteiger partial charge in [-0.15, -0.1) is 0 Å². The summed E-state index contributed by atoms with van der Waals surface area (Å²) in [6.45, 7) is 0. The summed E-state index contributed by atoms with van der Waals surface area (Å²) in [5, 5.41) is 0. The molecule has 0 aliphatic heterocycles. The first-order chi connectivity index (χ1) is 9.83. The third-order valence-electron chi connectivity index (χ3n) is 3.32. The smallest absolute Gasteiger partial charge is 0.163 e. The predicted octanol–water partition coefficient (Wildman–Crippen LogP) is 3.69. The van der Waals surface area contributed by atoms with Gasteiger partial charge >= 0.3 is 0 Å². The number of hydrogen-bond donors (Lipinski definition) is 0. The molecule has 0 saturated heterocycles. The molecule has 0 atom stereocenters. The van der Waals surface area contributed by atoms with Crippen molar-refractivity contribution >= 4 is 16.7 Å². The summed E-state index contributed by atoms with van der Waals surface area (Å²) < 4.78 is 15.4. The third kappa shape index (κ3) is 1.58. The van der Waals surface area contributed by atoms with E-state index < -0.39 is 0 Å². The summed E-state index contributed by atoms with van der Waals surface area (Å²) in [4.78, 5) is 8.99. The molecule has 4 aromatic rings. The van der Waals surface area contributed by atoms with Crippen LogP contribution in [0.1, 0.15) is 0 Å². The van der Waals surface area contributed by atoms with Gasteiger partial charge in [-0.05, 0) is 24.3 Å². The van der Waals surface area contributed by atoms with Crippen molar-refractivity contribution < 1.29 is 4.39 Å². The zero-order valence-electron chi connectivity index (χ0n) is 10.5. The lowest BCUT2D eigenvalue weighted by Gasteiger charge is -2.07. The number of rotatable bonds is 1. The number of fused-ring (bicyclic) bond motifs is 3. The van der Waals surface area contributed by atoms with Crippen LogP contribution in [0, 0.1) is 5.82 Å². The fourth-order valence-electron chi connectivity index (χ4n) is 2.44. The van der Waals surface area contributed by atoms with E-state index >= 15 is 0 Å². The molecule has 96 valence electrons. The Hall–Kier alpha value is -2.75. The van der Waals surface area contributed by atoms with Gasteiger partial charge in [-0.3, -0.25) is 4.40 Å². The van der Waals surface area contributed by atoms with Gasteiger partial charge in [-0.25, -0.2) is 14.4 Å². The van der Waals surface area contributed by atoms with Gasteiger partial charge in [0.25, 0.3) is 0 Å². The van der Waals surface area contributed by atoms with Crippen LogP contribution in [0.25, 0.3) is 27.9 Å². The fourth-order valence-corrected chi connectivity index (χ4v) is 2.44. The summed E-state index contributed by atoms with van der Waals surface area (Å²) in [7, 11) is 0. The van der Waals surface area contributed by atoms with Crippen LogP contribution in [0.2, 0.25) is 0 Å². The lowest BCUT2D eigenvalue weighted by molar-refractivity contribution is 0.628. The molecule has 0 spiro atoms. The second-order valence-corrected chi connectivity index (χ2v) is 4.58. The number of nitrogens with zero attached hydrogens (tertiary/aromatic N) is 3. The molecule has 4 rings (SSSR count). The summed E-state index contributed by atoms with van der Waals surface area (Å²) >= 11 is 0. The van der Waals surface area contributed by atoms with E-state index in [1.807, 2.05) is 40.9 Å². The van der Waals surface area contributed by atoms with Crippen LogP contribution >= 0.6 is 0 Å². The Bertz CT molecular complexity index is 927. The molecule has 2 aromatic heterocycles. The number of halogens is 1. The molecule has 0 aliphatic carbocycles. The molecule has 0 unspecified atom stereocenters. The molecule has 0 amide bonds. The Kier molecular flexibility index (Phi) is 2.29. The minimum absolute atomic E-state index is 0.276. The van der Waals surface area contributed by atoms with Crippen molar-refractivity contribution in [3.8, 4) is 11.3 Å². The number of imidazole rings is 1. The second-order valence-electron chi connectivity index (χ2n) is 4.58. The van der Waals surface area contributed by atoms with E-state index in [9.17, 15) is 4.39 Å². The average Bonchev–Trinajstić information content (AvgIpc) is 2.96. The average molecular weight is 263 g/mol. The molecule has 2 aromatic carbocycles. The Morgan fingerprint density at radius 3 is 2.80 bits per heavy atom. The largest absolute Gasteiger partial charge is 0.296 e. The van der Waals surface area contributed by atoms with Crippen LogP contribution in [0.15, 0.2) is 60.9 Å². The predicted molar refractivity (Wildman–Crippen MR) is 75.9 cm³/mol. The molecule has 2 heterocycles. The van der Waals surface area contributed by atoms with E-state index in [1.165, 1.54) is 12.1 Å². The van der Waals surface area contributed by atoms with Crippen LogP contribution in [-0.2, 0) is 0 Å². The zero-order chi connectivity index (χ0) is 13.5. The number of para-hydroxylation sites is 2. The molecule has 0 bridgehead atoms. The summed E-state index contributed by atoms with van der Waals surface area (Å²) in [5.74, 6) is -0.276. The van der Waals surface area contributed by atoms with Gasteiger partial charge in [0.05, 0.1) is 11.0 Å². The highest BCUT2D eigenvalue weighted by Crippen LogP contribution is 2.25. The van der Waals surface area contributed by atoms with Crippen LogP contribution in [0.5, 0.6) is 0 Å². The Labute approximate surface area is 114 Å². The molecule has 3 nitrogen and oxygen atoms in total. The molecule has 0 N–H and O–H groups in total. The Morgan fingerprint density at radius 2 is 1.90 bits per heavy atom. The second kappa shape index (κ2) is 4.13. The first-order valence-electron chi connectivity index (χ1n) is 6.31. The van der Waals surface area contributed by atoms with Gasteiger partial charge in [0.15, 0.2) is 5.65 Å². The topological polar surface area (TPSA) is 30.2 Å².